The van der Waals surface area contributed by atoms with Crippen molar-refractivity contribution in [3.05, 3.63) is 35.2 Å². The van der Waals surface area contributed by atoms with E-state index in [2.05, 4.69) is 40.9 Å². The van der Waals surface area contributed by atoms with Crippen LogP contribution < -0.4 is 10.1 Å². The number of rotatable bonds is 5. The zero-order valence-corrected chi connectivity index (χ0v) is 10.9. The lowest BCUT2D eigenvalue weighted by Crippen LogP contribution is -2.11. The van der Waals surface area contributed by atoms with Crippen molar-refractivity contribution in [2.24, 2.45) is 0 Å². The van der Waals surface area contributed by atoms with Crippen LogP contribution in [0.1, 0.15) is 12.5 Å². The molecule has 0 aliphatic carbocycles. The second-order valence-electron chi connectivity index (χ2n) is 3.72. The van der Waals surface area contributed by atoms with Crippen molar-refractivity contribution in [2.45, 2.75) is 13.5 Å². The van der Waals surface area contributed by atoms with E-state index in [1.807, 2.05) is 5.38 Å². The molecule has 0 atom stereocenters. The smallest absolute Gasteiger partial charge is 0.232 e. The van der Waals surface area contributed by atoms with E-state index in [-0.39, 0.29) is 0 Å². The number of nitrogens with zero attached hydrogens (tertiary/aromatic N) is 1. The number of hydrogen-bond donors (Lipinski definition) is 1. The quantitative estimate of drug-likeness (QED) is 0.883. The van der Waals surface area contributed by atoms with Crippen molar-refractivity contribution in [1.82, 2.24) is 9.69 Å². The predicted molar refractivity (Wildman–Crippen MR) is 71.5 cm³/mol. The van der Waals surface area contributed by atoms with Gasteiger partial charge in [-0.25, -0.2) is 0 Å². The second kappa shape index (κ2) is 5.80. The summed E-state index contributed by atoms with van der Waals surface area (Å²) in [6.45, 7) is 3.98. The Bertz CT molecular complexity index is 482. The molecule has 0 aliphatic rings. The Labute approximate surface area is 106 Å². The molecule has 0 aliphatic heterocycles. The molecular weight excluding hydrogens is 232 g/mol. The molecule has 1 heterocycles. The van der Waals surface area contributed by atoms with Gasteiger partial charge in [-0.1, -0.05) is 25.1 Å². The third-order valence-electron chi connectivity index (χ3n) is 2.55. The van der Waals surface area contributed by atoms with E-state index in [1.54, 1.807) is 7.11 Å². The predicted octanol–water partition coefficient (Wildman–Crippen LogP) is 2.93. The summed E-state index contributed by atoms with van der Waals surface area (Å²) in [4.78, 5) is 0. The Hall–Kier alpha value is -1.39. The molecule has 90 valence electrons. The number of benzene rings is 1. The van der Waals surface area contributed by atoms with Gasteiger partial charge in [0.05, 0.1) is 12.7 Å². The maximum absolute atomic E-state index is 5.24. The Morgan fingerprint density at radius 1 is 1.41 bits per heavy atom. The monoisotopic (exact) mass is 248 g/mol. The Morgan fingerprint density at radius 3 is 3.06 bits per heavy atom. The Balaban J connectivity index is 2.26. The van der Waals surface area contributed by atoms with Gasteiger partial charge in [-0.15, -0.1) is 0 Å². The minimum atomic E-state index is 0.704. The van der Waals surface area contributed by atoms with Crippen molar-refractivity contribution in [2.75, 3.05) is 13.7 Å². The highest BCUT2D eigenvalue weighted by Crippen LogP contribution is 2.30. The van der Waals surface area contributed by atoms with Gasteiger partial charge in [0.1, 0.15) is 0 Å². The lowest BCUT2D eigenvalue weighted by Gasteiger charge is -2.05. The number of hydrogen-bond acceptors (Lipinski definition) is 4. The molecule has 0 amide bonds. The summed E-state index contributed by atoms with van der Waals surface area (Å²) in [6, 6.07) is 8.45. The molecule has 0 saturated carbocycles. The third kappa shape index (κ3) is 2.84. The normalized spacial score (nSPS) is 10.5. The van der Waals surface area contributed by atoms with Crippen molar-refractivity contribution >= 4 is 11.5 Å². The van der Waals surface area contributed by atoms with Gasteiger partial charge in [-0.2, -0.15) is 4.37 Å². The van der Waals surface area contributed by atoms with E-state index in [4.69, 9.17) is 4.74 Å². The SMILES string of the molecule is CCNCc1cccc(-c2csnc2OC)c1. The summed E-state index contributed by atoms with van der Waals surface area (Å²) in [7, 11) is 1.65. The molecule has 2 aromatic rings. The van der Waals surface area contributed by atoms with Crippen LogP contribution in [0.5, 0.6) is 5.88 Å². The van der Waals surface area contributed by atoms with Gasteiger partial charge < -0.3 is 10.1 Å². The van der Waals surface area contributed by atoms with E-state index < -0.39 is 0 Å². The van der Waals surface area contributed by atoms with Crippen LogP contribution in [0.4, 0.5) is 0 Å². The summed E-state index contributed by atoms with van der Waals surface area (Å²) in [5.41, 5.74) is 3.50. The highest BCUT2D eigenvalue weighted by atomic mass is 32.1. The van der Waals surface area contributed by atoms with E-state index in [0.29, 0.717) is 5.88 Å². The van der Waals surface area contributed by atoms with Gasteiger partial charge in [0.2, 0.25) is 5.88 Å². The van der Waals surface area contributed by atoms with E-state index in [9.17, 15) is 0 Å². The largest absolute Gasteiger partial charge is 0.480 e. The molecule has 1 aromatic carbocycles. The maximum atomic E-state index is 5.24. The van der Waals surface area contributed by atoms with Gasteiger partial charge in [0.25, 0.3) is 0 Å². The fraction of sp³-hybridized carbons (Fsp3) is 0.308. The van der Waals surface area contributed by atoms with Crippen molar-refractivity contribution < 1.29 is 4.74 Å². The molecule has 0 saturated heterocycles. The topological polar surface area (TPSA) is 34.2 Å². The fourth-order valence-electron chi connectivity index (χ4n) is 1.68. The first-order chi connectivity index (χ1) is 8.35. The highest BCUT2D eigenvalue weighted by Gasteiger charge is 2.08. The van der Waals surface area contributed by atoms with Crippen LogP contribution >= 0.6 is 11.5 Å². The molecule has 0 fully saturated rings. The number of methoxy groups -OCH3 is 1. The van der Waals surface area contributed by atoms with Gasteiger partial charge in [0, 0.05) is 11.9 Å². The minimum Gasteiger partial charge on any atom is -0.480 e. The average molecular weight is 248 g/mol. The first-order valence-corrected chi connectivity index (χ1v) is 6.47. The van der Waals surface area contributed by atoms with Crippen molar-refractivity contribution in [3.8, 4) is 17.0 Å². The first-order valence-electron chi connectivity index (χ1n) is 5.63. The standard InChI is InChI=1S/C13H16N2OS/c1-3-14-8-10-5-4-6-11(7-10)12-9-17-15-13(12)16-2/h4-7,9,14H,3,8H2,1-2H3. The summed E-state index contributed by atoms with van der Waals surface area (Å²) >= 11 is 1.42. The second-order valence-corrected chi connectivity index (χ2v) is 4.35. The van der Waals surface area contributed by atoms with Crippen LogP contribution in [0, 0.1) is 0 Å². The number of nitrogens with one attached hydrogen (secondary N) is 1. The molecule has 0 unspecified atom stereocenters. The molecule has 0 radical (unpaired) electrons. The van der Waals surface area contributed by atoms with Crippen LogP contribution in [0.2, 0.25) is 0 Å². The highest BCUT2D eigenvalue weighted by molar-refractivity contribution is 7.04. The van der Waals surface area contributed by atoms with Crippen LogP contribution in [-0.2, 0) is 6.54 Å². The zero-order valence-electron chi connectivity index (χ0n) is 10.1. The van der Waals surface area contributed by atoms with Gasteiger partial charge in [0.15, 0.2) is 0 Å². The third-order valence-corrected chi connectivity index (χ3v) is 3.16. The van der Waals surface area contributed by atoms with Crippen LogP contribution in [0.15, 0.2) is 29.6 Å². The number of aromatic nitrogens is 1. The van der Waals surface area contributed by atoms with E-state index in [0.717, 1.165) is 24.2 Å². The lowest BCUT2D eigenvalue weighted by atomic mass is 10.1. The minimum absolute atomic E-state index is 0.704. The van der Waals surface area contributed by atoms with Gasteiger partial charge in [-0.05, 0) is 35.3 Å². The molecule has 0 spiro atoms. The Morgan fingerprint density at radius 2 is 2.29 bits per heavy atom. The molecule has 0 bridgehead atoms. The van der Waals surface area contributed by atoms with Crippen LogP contribution in [-0.4, -0.2) is 18.0 Å². The summed E-state index contributed by atoms with van der Waals surface area (Å²) < 4.78 is 9.45. The summed E-state index contributed by atoms with van der Waals surface area (Å²) in [6.07, 6.45) is 0. The molecule has 17 heavy (non-hydrogen) atoms. The molecule has 2 rings (SSSR count). The van der Waals surface area contributed by atoms with Crippen molar-refractivity contribution in [1.29, 1.82) is 0 Å². The summed E-state index contributed by atoms with van der Waals surface area (Å²) in [5.74, 6) is 0.704. The molecule has 4 heteroatoms. The van der Waals surface area contributed by atoms with E-state index in [1.165, 1.54) is 17.1 Å². The van der Waals surface area contributed by atoms with Crippen LogP contribution in [0.25, 0.3) is 11.1 Å². The van der Waals surface area contributed by atoms with Crippen LogP contribution in [0.3, 0.4) is 0 Å². The molecular formula is C13H16N2OS. The number of ether oxygens (including phenoxy) is 1. The first kappa shape index (κ1) is 12.1. The lowest BCUT2D eigenvalue weighted by molar-refractivity contribution is 0.404. The maximum Gasteiger partial charge on any atom is 0.232 e. The Kier molecular flexibility index (Phi) is 4.12. The van der Waals surface area contributed by atoms with Gasteiger partial charge in [-0.3, -0.25) is 0 Å². The van der Waals surface area contributed by atoms with E-state index >= 15 is 0 Å². The van der Waals surface area contributed by atoms with Crippen molar-refractivity contribution in [3.63, 3.8) is 0 Å². The van der Waals surface area contributed by atoms with Gasteiger partial charge >= 0.3 is 0 Å². The molecule has 1 aromatic heterocycles. The summed E-state index contributed by atoms with van der Waals surface area (Å²) in [5, 5.41) is 5.34. The average Bonchev–Trinajstić information content (AvgIpc) is 2.85. The fourth-order valence-corrected chi connectivity index (χ4v) is 2.35. The molecule has 3 nitrogen and oxygen atoms in total. The zero-order chi connectivity index (χ0) is 12.1. The molecule has 1 N–H and O–H groups in total.